The topological polar surface area (TPSA) is 78.3 Å². The molecule has 1 aromatic heterocycles. The molecule has 0 unspecified atom stereocenters. The first-order valence-corrected chi connectivity index (χ1v) is 10.4. The van der Waals surface area contributed by atoms with Crippen molar-refractivity contribution in [3.05, 3.63) is 69.0 Å². The summed E-state index contributed by atoms with van der Waals surface area (Å²) in [4.78, 5) is 17.0. The zero-order valence-electron chi connectivity index (χ0n) is 16.6. The van der Waals surface area contributed by atoms with E-state index in [-0.39, 0.29) is 31.6 Å². The van der Waals surface area contributed by atoms with Crippen LogP contribution in [0.2, 0.25) is 10.0 Å². The Labute approximate surface area is 188 Å². The normalized spacial score (nSPS) is 12.9. The largest absolute Gasteiger partial charge is 0.467 e. The summed E-state index contributed by atoms with van der Waals surface area (Å²) in [5, 5.41) is 7.88. The van der Waals surface area contributed by atoms with Crippen molar-refractivity contribution in [1.82, 2.24) is 20.1 Å². The van der Waals surface area contributed by atoms with Gasteiger partial charge in [-0.3, -0.25) is 4.79 Å². The summed E-state index contributed by atoms with van der Waals surface area (Å²) >= 11 is 12.6. The van der Waals surface area contributed by atoms with E-state index in [2.05, 4.69) is 15.4 Å². The summed E-state index contributed by atoms with van der Waals surface area (Å²) in [7, 11) is 0. The lowest BCUT2D eigenvalue weighted by Gasteiger charge is -2.20. The van der Waals surface area contributed by atoms with E-state index in [0.29, 0.717) is 51.3 Å². The molecule has 0 aliphatic carbocycles. The first-order chi connectivity index (χ1) is 15.0. The van der Waals surface area contributed by atoms with Gasteiger partial charge in [-0.15, -0.1) is 5.10 Å². The van der Waals surface area contributed by atoms with Gasteiger partial charge in [0.05, 0.1) is 16.7 Å². The molecule has 1 aliphatic heterocycles. The molecule has 3 aromatic rings. The molecule has 0 atom stereocenters. The fourth-order valence-electron chi connectivity index (χ4n) is 3.37. The Bertz CT molecular complexity index is 1120. The van der Waals surface area contributed by atoms with E-state index < -0.39 is 5.91 Å². The van der Waals surface area contributed by atoms with Crippen molar-refractivity contribution in [2.45, 2.75) is 26.4 Å². The van der Waals surface area contributed by atoms with Gasteiger partial charge >= 0.3 is 0 Å². The van der Waals surface area contributed by atoms with Gasteiger partial charge in [0.1, 0.15) is 23.1 Å². The van der Waals surface area contributed by atoms with Crippen molar-refractivity contribution in [2.24, 2.45) is 0 Å². The minimum atomic E-state index is -0.453. The molecule has 7 nitrogen and oxygen atoms in total. The first-order valence-electron chi connectivity index (χ1n) is 9.68. The molecule has 10 heteroatoms. The summed E-state index contributed by atoms with van der Waals surface area (Å²) in [5.41, 5.74) is 1.78. The maximum atomic E-state index is 13.9. The van der Waals surface area contributed by atoms with Crippen LogP contribution in [-0.4, -0.2) is 34.0 Å². The average Bonchev–Trinajstić information content (AvgIpc) is 3.17. The lowest BCUT2D eigenvalue weighted by Crippen LogP contribution is -2.27. The van der Waals surface area contributed by atoms with Gasteiger partial charge < -0.3 is 14.8 Å². The number of para-hydroxylation sites is 1. The Morgan fingerprint density at radius 3 is 2.81 bits per heavy atom. The van der Waals surface area contributed by atoms with E-state index in [1.165, 1.54) is 16.8 Å². The van der Waals surface area contributed by atoms with E-state index >= 15 is 0 Å². The SMILES string of the molecule is CCc1nc(C(=O)NCCc2cc(F)cc3c2OCOC3)nn1-c1c(Cl)cccc1Cl. The number of hydrogen-bond acceptors (Lipinski definition) is 5. The second-order valence-electron chi connectivity index (χ2n) is 6.86. The van der Waals surface area contributed by atoms with E-state index in [1.54, 1.807) is 18.2 Å². The molecule has 0 bridgehead atoms. The van der Waals surface area contributed by atoms with Crippen molar-refractivity contribution in [2.75, 3.05) is 13.3 Å². The molecule has 2 heterocycles. The second kappa shape index (κ2) is 9.21. The third-order valence-corrected chi connectivity index (χ3v) is 5.38. The van der Waals surface area contributed by atoms with Gasteiger partial charge in [-0.25, -0.2) is 14.1 Å². The number of nitrogens with one attached hydrogen (secondary N) is 1. The summed E-state index contributed by atoms with van der Waals surface area (Å²) in [6, 6.07) is 7.90. The maximum absolute atomic E-state index is 13.9. The number of rotatable bonds is 6. The minimum absolute atomic E-state index is 0.00115. The number of carbonyl (C=O) groups excluding carboxylic acids is 1. The van der Waals surface area contributed by atoms with Crippen LogP contribution >= 0.6 is 23.2 Å². The highest BCUT2D eigenvalue weighted by Gasteiger charge is 2.20. The number of hydrogen-bond donors (Lipinski definition) is 1. The van der Waals surface area contributed by atoms with E-state index in [9.17, 15) is 9.18 Å². The molecular formula is C21H19Cl2FN4O3. The molecule has 1 N–H and O–H groups in total. The van der Waals surface area contributed by atoms with Gasteiger partial charge in [-0.2, -0.15) is 0 Å². The highest BCUT2D eigenvalue weighted by molar-refractivity contribution is 6.37. The smallest absolute Gasteiger partial charge is 0.290 e. The first kappa shape index (κ1) is 21.5. The molecular weight excluding hydrogens is 446 g/mol. The molecule has 1 aliphatic rings. The Morgan fingerprint density at radius 1 is 1.29 bits per heavy atom. The molecule has 0 radical (unpaired) electrons. The molecule has 0 spiro atoms. The number of aryl methyl sites for hydroxylation is 1. The molecule has 0 saturated carbocycles. The summed E-state index contributed by atoms with van der Waals surface area (Å²) < 4.78 is 26.0. The van der Waals surface area contributed by atoms with Gasteiger partial charge in [0.25, 0.3) is 5.91 Å². The monoisotopic (exact) mass is 464 g/mol. The number of halogens is 3. The molecule has 0 fully saturated rings. The Kier molecular flexibility index (Phi) is 6.41. The van der Waals surface area contributed by atoms with Crippen LogP contribution in [0, 0.1) is 5.82 Å². The average molecular weight is 465 g/mol. The van der Waals surface area contributed by atoms with Gasteiger partial charge in [-0.05, 0) is 36.2 Å². The molecule has 2 aromatic carbocycles. The fourth-order valence-corrected chi connectivity index (χ4v) is 3.93. The number of fused-ring (bicyclic) bond motifs is 1. The van der Waals surface area contributed by atoms with Gasteiger partial charge in [0.15, 0.2) is 6.79 Å². The number of nitrogens with zero attached hydrogens (tertiary/aromatic N) is 3. The Balaban J connectivity index is 1.49. The van der Waals surface area contributed by atoms with Crippen LogP contribution in [0.25, 0.3) is 5.69 Å². The minimum Gasteiger partial charge on any atom is -0.467 e. The van der Waals surface area contributed by atoms with Gasteiger partial charge in [0.2, 0.25) is 5.82 Å². The van der Waals surface area contributed by atoms with Crippen LogP contribution < -0.4 is 10.1 Å². The predicted molar refractivity (Wildman–Crippen MR) is 113 cm³/mol. The van der Waals surface area contributed by atoms with E-state index in [0.717, 1.165) is 0 Å². The maximum Gasteiger partial charge on any atom is 0.290 e. The highest BCUT2D eigenvalue weighted by Crippen LogP contribution is 2.30. The lowest BCUT2D eigenvalue weighted by molar-refractivity contribution is -0.0172. The molecule has 0 saturated heterocycles. The number of aromatic nitrogens is 3. The van der Waals surface area contributed by atoms with Crippen molar-refractivity contribution < 1.29 is 18.7 Å². The van der Waals surface area contributed by atoms with E-state index in [1.807, 2.05) is 6.92 Å². The van der Waals surface area contributed by atoms with Crippen LogP contribution in [0.1, 0.15) is 34.5 Å². The highest BCUT2D eigenvalue weighted by atomic mass is 35.5. The van der Waals surface area contributed by atoms with Crippen molar-refractivity contribution >= 4 is 29.1 Å². The van der Waals surface area contributed by atoms with Crippen LogP contribution in [0.4, 0.5) is 4.39 Å². The molecule has 31 heavy (non-hydrogen) atoms. The van der Waals surface area contributed by atoms with Gasteiger partial charge in [0, 0.05) is 18.5 Å². The third-order valence-electron chi connectivity index (χ3n) is 4.77. The second-order valence-corrected chi connectivity index (χ2v) is 7.67. The van der Waals surface area contributed by atoms with Crippen molar-refractivity contribution in [3.63, 3.8) is 0 Å². The Morgan fingerprint density at radius 2 is 2.06 bits per heavy atom. The van der Waals surface area contributed by atoms with Crippen LogP contribution in [0.3, 0.4) is 0 Å². The summed E-state index contributed by atoms with van der Waals surface area (Å²) in [6.45, 7) is 2.55. The predicted octanol–water partition coefficient (Wildman–Crippen LogP) is 4.11. The van der Waals surface area contributed by atoms with Crippen molar-refractivity contribution in [3.8, 4) is 11.4 Å². The lowest BCUT2D eigenvalue weighted by atomic mass is 10.1. The fraction of sp³-hybridized carbons (Fsp3) is 0.286. The van der Waals surface area contributed by atoms with E-state index in [4.69, 9.17) is 32.7 Å². The number of carbonyl (C=O) groups is 1. The molecule has 4 rings (SSSR count). The standard InChI is InChI=1S/C21H19Cl2FN4O3/c1-2-17-26-20(27-28(17)18-15(22)4-3-5-16(18)23)21(29)25-7-6-12-8-14(24)9-13-10-30-11-31-19(12)13/h3-5,8-9H,2,6-7,10-11H2,1H3,(H,25,29). The number of benzene rings is 2. The number of ether oxygens (including phenoxy) is 2. The number of amides is 1. The van der Waals surface area contributed by atoms with Crippen LogP contribution in [0.5, 0.6) is 5.75 Å². The Hall–Kier alpha value is -2.68. The zero-order chi connectivity index (χ0) is 22.0. The third kappa shape index (κ3) is 4.51. The molecule has 1 amide bonds. The molecule has 162 valence electrons. The zero-order valence-corrected chi connectivity index (χ0v) is 18.1. The van der Waals surface area contributed by atoms with Crippen LogP contribution in [0.15, 0.2) is 30.3 Å². The quantitative estimate of drug-likeness (QED) is 0.593. The summed E-state index contributed by atoms with van der Waals surface area (Å²) in [6.07, 6.45) is 0.903. The summed E-state index contributed by atoms with van der Waals surface area (Å²) in [5.74, 6) is 0.322. The van der Waals surface area contributed by atoms with Gasteiger partial charge in [-0.1, -0.05) is 36.2 Å². The van der Waals surface area contributed by atoms with Crippen LogP contribution in [-0.2, 0) is 24.2 Å². The van der Waals surface area contributed by atoms with Crippen molar-refractivity contribution in [1.29, 1.82) is 0 Å².